The van der Waals surface area contributed by atoms with E-state index in [2.05, 4.69) is 20.5 Å². The van der Waals surface area contributed by atoms with Crippen LogP contribution in [0.4, 0.5) is 4.39 Å². The van der Waals surface area contributed by atoms with Gasteiger partial charge in [-0.15, -0.1) is 0 Å². The van der Waals surface area contributed by atoms with Gasteiger partial charge in [0, 0.05) is 29.3 Å². The van der Waals surface area contributed by atoms with E-state index < -0.39 is 5.95 Å². The van der Waals surface area contributed by atoms with Crippen LogP contribution < -0.4 is 5.32 Å². The molecule has 140 valence electrons. The molecule has 28 heavy (non-hydrogen) atoms. The Balaban J connectivity index is 1.76. The van der Waals surface area contributed by atoms with E-state index in [-0.39, 0.29) is 5.91 Å². The third kappa shape index (κ3) is 3.24. The normalized spacial score (nSPS) is 11.0. The second kappa shape index (κ2) is 7.23. The predicted molar refractivity (Wildman–Crippen MR) is 107 cm³/mol. The van der Waals surface area contributed by atoms with E-state index >= 15 is 0 Å². The molecule has 1 amide bonds. The minimum Gasteiger partial charge on any atom is -0.352 e. The molecule has 2 aromatic heterocycles. The Bertz CT molecular complexity index is 1170. The van der Waals surface area contributed by atoms with E-state index in [9.17, 15) is 9.18 Å². The van der Waals surface area contributed by atoms with Gasteiger partial charge in [-0.25, -0.2) is 4.98 Å². The maximum absolute atomic E-state index is 13.1. The largest absolute Gasteiger partial charge is 0.352 e. The molecule has 0 aliphatic rings. The lowest BCUT2D eigenvalue weighted by Gasteiger charge is -2.10. The molecule has 0 aliphatic carbocycles. The van der Waals surface area contributed by atoms with E-state index in [0.29, 0.717) is 12.1 Å². The minimum atomic E-state index is -0.520. The third-order valence-electron chi connectivity index (χ3n) is 4.71. The summed E-state index contributed by atoms with van der Waals surface area (Å²) in [6, 6.07) is 14.7. The van der Waals surface area contributed by atoms with E-state index in [0.717, 1.165) is 38.9 Å². The first-order valence-electron chi connectivity index (χ1n) is 9.06. The first-order chi connectivity index (χ1) is 13.6. The van der Waals surface area contributed by atoms with E-state index in [1.807, 2.05) is 50.2 Å². The summed E-state index contributed by atoms with van der Waals surface area (Å²) in [5, 5.41) is 11.2. The molecule has 0 unspecified atom stereocenters. The first kappa shape index (κ1) is 17.9. The van der Waals surface area contributed by atoms with Gasteiger partial charge in [-0.2, -0.15) is 9.49 Å². The van der Waals surface area contributed by atoms with Gasteiger partial charge < -0.3 is 5.32 Å². The van der Waals surface area contributed by atoms with Gasteiger partial charge in [0.25, 0.3) is 5.91 Å². The summed E-state index contributed by atoms with van der Waals surface area (Å²) in [6.07, 6.45) is 1.47. The lowest BCUT2D eigenvalue weighted by molar-refractivity contribution is 0.0956. The molecule has 0 saturated carbocycles. The Hall–Kier alpha value is -3.54. The Morgan fingerprint density at radius 3 is 2.68 bits per heavy atom. The van der Waals surface area contributed by atoms with E-state index in [1.165, 1.54) is 12.3 Å². The van der Waals surface area contributed by atoms with Crippen LogP contribution in [-0.2, 0) is 0 Å². The van der Waals surface area contributed by atoms with Gasteiger partial charge in [0.1, 0.15) is 5.69 Å². The highest BCUT2D eigenvalue weighted by Crippen LogP contribution is 2.31. The fraction of sp³-hybridized carbons (Fsp3) is 0.136. The van der Waals surface area contributed by atoms with Crippen LogP contribution >= 0.6 is 0 Å². The van der Waals surface area contributed by atoms with Crippen molar-refractivity contribution in [3.05, 3.63) is 71.8 Å². The van der Waals surface area contributed by atoms with Crippen molar-refractivity contribution in [1.29, 1.82) is 0 Å². The van der Waals surface area contributed by atoms with Crippen molar-refractivity contribution >= 4 is 16.8 Å². The number of amides is 1. The lowest BCUT2D eigenvalue weighted by atomic mass is 9.96. The molecule has 4 rings (SSSR count). The molecule has 2 heterocycles. The van der Waals surface area contributed by atoms with Crippen LogP contribution in [0.1, 0.15) is 22.8 Å². The van der Waals surface area contributed by atoms with Gasteiger partial charge in [-0.3, -0.25) is 9.89 Å². The minimum absolute atomic E-state index is 0.0857. The van der Waals surface area contributed by atoms with Crippen molar-refractivity contribution in [3.8, 4) is 22.4 Å². The second-order valence-electron chi connectivity index (χ2n) is 6.59. The summed E-state index contributed by atoms with van der Waals surface area (Å²) >= 11 is 0. The molecular weight excluding hydrogens is 355 g/mol. The molecule has 0 saturated heterocycles. The Labute approximate surface area is 161 Å². The second-order valence-corrected chi connectivity index (χ2v) is 6.59. The number of H-pyrrole nitrogens is 1. The standard InChI is InChI=1S/C22H19FN4O/c1-3-24-22(28)15-5-4-13(2)18(10-15)14-6-8-17-19(11-14)26-27-21(17)16-7-9-20(23)25-12-16/h4-12H,3H2,1-2H3,(H,24,28)(H,26,27). The zero-order valence-electron chi connectivity index (χ0n) is 15.6. The van der Waals surface area contributed by atoms with Gasteiger partial charge in [-0.05, 0) is 66.9 Å². The number of nitrogens with zero attached hydrogens (tertiary/aromatic N) is 2. The van der Waals surface area contributed by atoms with Gasteiger partial charge >= 0.3 is 0 Å². The molecule has 2 N–H and O–H groups in total. The fourth-order valence-corrected chi connectivity index (χ4v) is 3.26. The van der Waals surface area contributed by atoms with Crippen LogP contribution in [0.15, 0.2) is 54.7 Å². The number of rotatable bonds is 4. The molecular formula is C22H19FN4O. The number of aromatic nitrogens is 3. The number of aryl methyl sites for hydroxylation is 1. The fourth-order valence-electron chi connectivity index (χ4n) is 3.26. The molecule has 4 aromatic rings. The third-order valence-corrected chi connectivity index (χ3v) is 4.71. The number of aromatic amines is 1. The first-order valence-corrected chi connectivity index (χ1v) is 9.06. The zero-order valence-corrected chi connectivity index (χ0v) is 15.6. The molecule has 6 heteroatoms. The number of carbonyl (C=O) groups is 1. The highest BCUT2D eigenvalue weighted by molar-refractivity contribution is 5.97. The summed E-state index contributed by atoms with van der Waals surface area (Å²) in [5.41, 5.74) is 6.02. The van der Waals surface area contributed by atoms with Crippen molar-refractivity contribution in [2.45, 2.75) is 13.8 Å². The van der Waals surface area contributed by atoms with Crippen molar-refractivity contribution in [2.75, 3.05) is 6.54 Å². The zero-order chi connectivity index (χ0) is 19.7. The molecule has 5 nitrogen and oxygen atoms in total. The summed E-state index contributed by atoms with van der Waals surface area (Å²) in [4.78, 5) is 15.9. The van der Waals surface area contributed by atoms with Crippen LogP contribution in [0.5, 0.6) is 0 Å². The number of hydrogen-bond donors (Lipinski definition) is 2. The monoisotopic (exact) mass is 374 g/mol. The van der Waals surface area contributed by atoms with Crippen LogP contribution in [0.25, 0.3) is 33.3 Å². The number of pyridine rings is 1. The van der Waals surface area contributed by atoms with Crippen LogP contribution in [-0.4, -0.2) is 27.6 Å². The molecule has 0 bridgehead atoms. The molecule has 0 fully saturated rings. The molecule has 0 radical (unpaired) electrons. The summed E-state index contributed by atoms with van der Waals surface area (Å²) < 4.78 is 13.1. The smallest absolute Gasteiger partial charge is 0.251 e. The topological polar surface area (TPSA) is 70.7 Å². The van der Waals surface area contributed by atoms with Crippen LogP contribution in [0, 0.1) is 12.9 Å². The van der Waals surface area contributed by atoms with E-state index in [1.54, 1.807) is 6.07 Å². The number of benzene rings is 2. The van der Waals surface area contributed by atoms with Crippen molar-refractivity contribution in [1.82, 2.24) is 20.5 Å². The SMILES string of the molecule is CCNC(=O)c1ccc(C)c(-c2ccc3c(-c4ccc(F)nc4)n[nH]c3c2)c1. The quantitative estimate of drug-likeness (QED) is 0.517. The molecule has 2 aromatic carbocycles. The van der Waals surface area contributed by atoms with Crippen LogP contribution in [0.3, 0.4) is 0 Å². The summed E-state index contributed by atoms with van der Waals surface area (Å²) in [5.74, 6) is -0.606. The Morgan fingerprint density at radius 2 is 1.93 bits per heavy atom. The highest BCUT2D eigenvalue weighted by Gasteiger charge is 2.12. The Kier molecular flexibility index (Phi) is 4.61. The lowest BCUT2D eigenvalue weighted by Crippen LogP contribution is -2.22. The van der Waals surface area contributed by atoms with Gasteiger partial charge in [0.2, 0.25) is 5.95 Å². The molecule has 0 spiro atoms. The van der Waals surface area contributed by atoms with E-state index in [4.69, 9.17) is 0 Å². The molecule has 0 atom stereocenters. The van der Waals surface area contributed by atoms with Gasteiger partial charge in [-0.1, -0.05) is 12.1 Å². The highest BCUT2D eigenvalue weighted by atomic mass is 19.1. The van der Waals surface area contributed by atoms with Crippen molar-refractivity contribution < 1.29 is 9.18 Å². The number of halogens is 1. The van der Waals surface area contributed by atoms with Gasteiger partial charge in [0.05, 0.1) is 5.52 Å². The maximum Gasteiger partial charge on any atom is 0.251 e. The number of fused-ring (bicyclic) bond motifs is 1. The van der Waals surface area contributed by atoms with Crippen molar-refractivity contribution in [2.24, 2.45) is 0 Å². The average molecular weight is 374 g/mol. The maximum atomic E-state index is 13.1. The summed E-state index contributed by atoms with van der Waals surface area (Å²) in [7, 11) is 0. The summed E-state index contributed by atoms with van der Waals surface area (Å²) in [6.45, 7) is 4.50. The predicted octanol–water partition coefficient (Wildman–Crippen LogP) is 4.49. The number of hydrogen-bond acceptors (Lipinski definition) is 3. The van der Waals surface area contributed by atoms with Crippen LogP contribution in [0.2, 0.25) is 0 Å². The average Bonchev–Trinajstić information content (AvgIpc) is 3.12. The number of carbonyl (C=O) groups excluding carboxylic acids is 1. The van der Waals surface area contributed by atoms with Gasteiger partial charge in [0.15, 0.2) is 0 Å². The molecule has 0 aliphatic heterocycles. The number of nitrogens with one attached hydrogen (secondary N) is 2. The Morgan fingerprint density at radius 1 is 1.11 bits per heavy atom. The van der Waals surface area contributed by atoms with Crippen molar-refractivity contribution in [3.63, 3.8) is 0 Å².